The largest absolute Gasteiger partial charge is 0.497 e. The van der Waals surface area contributed by atoms with Gasteiger partial charge in [0, 0.05) is 17.8 Å². The highest BCUT2D eigenvalue weighted by atomic mass is 32.2. The maximum Gasteiger partial charge on any atom is 0.271 e. The van der Waals surface area contributed by atoms with Crippen molar-refractivity contribution in [2.75, 3.05) is 23.0 Å². The molecule has 0 spiro atoms. The Kier molecular flexibility index (Phi) is 6.24. The number of hydrogen-bond acceptors (Lipinski definition) is 6. The fourth-order valence-corrected chi connectivity index (χ4v) is 3.87. The molecular weight excluding hydrogens is 386 g/mol. The number of benzene rings is 2. The maximum atomic E-state index is 12.7. The third-order valence-electron chi connectivity index (χ3n) is 4.09. The predicted octanol–water partition coefficient (Wildman–Crippen LogP) is 2.71. The van der Waals surface area contributed by atoms with Crippen molar-refractivity contribution in [3.05, 3.63) is 58.1 Å². The third-order valence-corrected chi connectivity index (χ3v) is 5.31. The number of ether oxygens (including phenoxy) is 1. The number of amides is 1. The number of aryl methyl sites for hydroxylation is 1. The lowest BCUT2D eigenvalue weighted by molar-refractivity contribution is -0.384. The van der Waals surface area contributed by atoms with E-state index in [2.05, 4.69) is 5.32 Å². The number of anilines is 2. The molecule has 0 unspecified atom stereocenters. The Morgan fingerprint density at radius 3 is 2.32 bits per heavy atom. The molecule has 150 valence electrons. The van der Waals surface area contributed by atoms with E-state index in [1.807, 2.05) is 0 Å². The van der Waals surface area contributed by atoms with Crippen molar-refractivity contribution in [1.82, 2.24) is 0 Å². The number of methoxy groups -OCH3 is 1. The molecule has 0 saturated heterocycles. The van der Waals surface area contributed by atoms with Gasteiger partial charge in [0.15, 0.2) is 0 Å². The molecule has 9 nitrogen and oxygen atoms in total. The Morgan fingerprint density at radius 2 is 1.82 bits per heavy atom. The van der Waals surface area contributed by atoms with Crippen molar-refractivity contribution < 1.29 is 22.9 Å². The molecule has 0 radical (unpaired) electrons. The lowest BCUT2D eigenvalue weighted by atomic mass is 10.1. The van der Waals surface area contributed by atoms with Crippen molar-refractivity contribution in [2.24, 2.45) is 0 Å². The minimum absolute atomic E-state index is 0.0779. The highest BCUT2D eigenvalue weighted by Crippen LogP contribution is 2.29. The van der Waals surface area contributed by atoms with Crippen LogP contribution in [0.5, 0.6) is 5.75 Å². The van der Waals surface area contributed by atoms with Gasteiger partial charge in [0.25, 0.3) is 5.69 Å². The average Bonchev–Trinajstić information content (AvgIpc) is 2.62. The third kappa shape index (κ3) is 4.77. The topological polar surface area (TPSA) is 119 Å². The summed E-state index contributed by atoms with van der Waals surface area (Å²) in [6.07, 6.45) is 0.947. The van der Waals surface area contributed by atoms with E-state index >= 15 is 0 Å². The van der Waals surface area contributed by atoms with E-state index in [0.29, 0.717) is 17.0 Å². The van der Waals surface area contributed by atoms with Crippen LogP contribution in [0.25, 0.3) is 0 Å². The van der Waals surface area contributed by atoms with Crippen LogP contribution in [0.15, 0.2) is 42.5 Å². The van der Waals surface area contributed by atoms with Crippen LogP contribution in [0.1, 0.15) is 12.5 Å². The number of carbonyl (C=O) groups is 1. The maximum absolute atomic E-state index is 12.7. The molecule has 1 amide bonds. The van der Waals surface area contributed by atoms with Crippen molar-refractivity contribution in [3.63, 3.8) is 0 Å². The van der Waals surface area contributed by atoms with Gasteiger partial charge in [-0.15, -0.1) is 0 Å². The molecule has 0 aromatic heterocycles. The fraction of sp³-hybridized carbons (Fsp3) is 0.278. The normalized spacial score (nSPS) is 12.1. The van der Waals surface area contributed by atoms with Gasteiger partial charge < -0.3 is 10.1 Å². The smallest absolute Gasteiger partial charge is 0.271 e. The van der Waals surface area contributed by atoms with E-state index in [1.54, 1.807) is 31.2 Å². The average molecular weight is 407 g/mol. The summed E-state index contributed by atoms with van der Waals surface area (Å²) in [6, 6.07) is 9.27. The summed E-state index contributed by atoms with van der Waals surface area (Å²) in [6.45, 7) is 3.03. The molecule has 0 saturated carbocycles. The second-order valence-corrected chi connectivity index (χ2v) is 8.04. The monoisotopic (exact) mass is 407 g/mol. The Morgan fingerprint density at radius 1 is 1.21 bits per heavy atom. The van der Waals surface area contributed by atoms with Crippen LogP contribution in [-0.4, -0.2) is 38.7 Å². The molecule has 0 fully saturated rings. The lowest BCUT2D eigenvalue weighted by Crippen LogP contribution is -2.45. The second kappa shape index (κ2) is 8.26. The summed E-state index contributed by atoms with van der Waals surface area (Å²) in [5, 5.41) is 13.7. The fourth-order valence-electron chi connectivity index (χ4n) is 2.65. The van der Waals surface area contributed by atoms with E-state index < -0.39 is 26.9 Å². The van der Waals surface area contributed by atoms with Gasteiger partial charge in [-0.2, -0.15) is 0 Å². The molecule has 1 atom stereocenters. The molecule has 1 N–H and O–H groups in total. The highest BCUT2D eigenvalue weighted by molar-refractivity contribution is 7.92. The Bertz CT molecular complexity index is 989. The summed E-state index contributed by atoms with van der Waals surface area (Å²) in [4.78, 5) is 23.1. The molecule has 10 heteroatoms. The van der Waals surface area contributed by atoms with E-state index in [-0.39, 0.29) is 11.4 Å². The van der Waals surface area contributed by atoms with Gasteiger partial charge in [-0.3, -0.25) is 19.2 Å². The molecule has 0 heterocycles. The summed E-state index contributed by atoms with van der Waals surface area (Å²) in [5.41, 5.74) is 0.757. The van der Waals surface area contributed by atoms with Crippen LogP contribution in [0.3, 0.4) is 0 Å². The van der Waals surface area contributed by atoms with Crippen molar-refractivity contribution in [1.29, 1.82) is 0 Å². The number of rotatable bonds is 7. The second-order valence-electron chi connectivity index (χ2n) is 6.18. The van der Waals surface area contributed by atoms with Gasteiger partial charge in [0.2, 0.25) is 15.9 Å². The molecule has 0 aliphatic rings. The Hall–Kier alpha value is -3.14. The van der Waals surface area contributed by atoms with Crippen molar-refractivity contribution in [3.8, 4) is 5.75 Å². The number of nitrogens with one attached hydrogen (secondary N) is 1. The number of carbonyl (C=O) groups excluding carboxylic acids is 1. The SMILES string of the molecule is COc1ccc(NC(=O)[C@H](C)N(c2cc([N+](=O)[O-])ccc2C)S(C)(=O)=O)cc1. The lowest BCUT2D eigenvalue weighted by Gasteiger charge is -2.29. The van der Waals surface area contributed by atoms with Gasteiger partial charge in [-0.1, -0.05) is 6.07 Å². The molecular formula is C18H21N3O6S. The van der Waals surface area contributed by atoms with E-state index in [9.17, 15) is 23.3 Å². The zero-order valence-corrected chi connectivity index (χ0v) is 16.7. The summed E-state index contributed by atoms with van der Waals surface area (Å²) < 4.78 is 30.7. The van der Waals surface area contributed by atoms with Gasteiger partial charge >= 0.3 is 0 Å². The highest BCUT2D eigenvalue weighted by Gasteiger charge is 2.31. The van der Waals surface area contributed by atoms with Gasteiger partial charge in [-0.25, -0.2) is 8.42 Å². The molecule has 0 bridgehead atoms. The number of nitro benzene ring substituents is 1. The van der Waals surface area contributed by atoms with E-state index in [1.165, 1.54) is 26.2 Å². The number of nitro groups is 1. The van der Waals surface area contributed by atoms with Gasteiger partial charge in [-0.05, 0) is 43.7 Å². The van der Waals surface area contributed by atoms with Crippen LogP contribution in [0.4, 0.5) is 17.1 Å². The van der Waals surface area contributed by atoms with Gasteiger partial charge in [0.05, 0.1) is 24.0 Å². The summed E-state index contributed by atoms with van der Waals surface area (Å²) >= 11 is 0. The first kappa shape index (κ1) is 21.2. The van der Waals surface area contributed by atoms with Crippen LogP contribution in [0.2, 0.25) is 0 Å². The first-order valence-electron chi connectivity index (χ1n) is 8.24. The Balaban J connectivity index is 2.38. The number of non-ortho nitro benzene ring substituents is 1. The molecule has 2 rings (SSSR count). The summed E-state index contributed by atoms with van der Waals surface area (Å²) in [7, 11) is -2.39. The molecule has 0 aliphatic carbocycles. The van der Waals surface area contributed by atoms with Crippen molar-refractivity contribution in [2.45, 2.75) is 19.9 Å². The zero-order valence-electron chi connectivity index (χ0n) is 15.9. The minimum atomic E-state index is -3.90. The molecule has 2 aromatic rings. The first-order chi connectivity index (χ1) is 13.0. The van der Waals surface area contributed by atoms with Gasteiger partial charge in [0.1, 0.15) is 11.8 Å². The minimum Gasteiger partial charge on any atom is -0.497 e. The van der Waals surface area contributed by atoms with Crippen molar-refractivity contribution >= 4 is 33.0 Å². The molecule has 28 heavy (non-hydrogen) atoms. The summed E-state index contributed by atoms with van der Waals surface area (Å²) in [5.74, 6) is 0.0255. The number of sulfonamides is 1. The van der Waals surface area contributed by atoms with Crippen LogP contribution in [-0.2, 0) is 14.8 Å². The van der Waals surface area contributed by atoms with Crippen LogP contribution in [0, 0.1) is 17.0 Å². The Labute approximate surface area is 163 Å². The molecule has 0 aliphatic heterocycles. The number of hydrogen-bond donors (Lipinski definition) is 1. The van der Waals surface area contributed by atoms with E-state index in [0.717, 1.165) is 16.6 Å². The van der Waals surface area contributed by atoms with Crippen LogP contribution >= 0.6 is 0 Å². The number of nitrogens with zero attached hydrogens (tertiary/aromatic N) is 2. The zero-order chi connectivity index (χ0) is 21.1. The first-order valence-corrected chi connectivity index (χ1v) is 10.1. The van der Waals surface area contributed by atoms with Crippen LogP contribution < -0.4 is 14.4 Å². The quantitative estimate of drug-likeness (QED) is 0.557. The van der Waals surface area contributed by atoms with E-state index in [4.69, 9.17) is 4.74 Å². The predicted molar refractivity (Wildman–Crippen MR) is 106 cm³/mol. The standard InChI is InChI=1S/C18H21N3O6S/c1-12-5-8-15(21(23)24)11-17(12)20(28(4,25)26)13(2)18(22)19-14-6-9-16(27-3)10-7-14/h5-11,13H,1-4H3,(H,19,22)/t13-/m0/s1. The molecule has 2 aromatic carbocycles.